The highest BCUT2D eigenvalue weighted by Gasteiger charge is 2.11. The number of carbonyl (C=O) groups excluding carboxylic acids is 1. The quantitative estimate of drug-likeness (QED) is 0.440. The molecule has 0 N–H and O–H groups in total. The number of carbonyl (C=O) groups is 1. The van der Waals surface area contributed by atoms with E-state index in [4.69, 9.17) is 4.74 Å². The molecular weight excluding hydrogens is 144 g/mol. The van der Waals surface area contributed by atoms with E-state index in [1.807, 2.05) is 0 Å². The normalized spacial score (nSPS) is 24.3. The van der Waals surface area contributed by atoms with E-state index in [-0.39, 0.29) is 12.1 Å². The number of hydrogen-bond donors (Lipinski definition) is 0. The summed E-state index contributed by atoms with van der Waals surface area (Å²) in [6, 6.07) is 0. The second-order valence-electron chi connectivity index (χ2n) is 2.43. The van der Waals surface area contributed by atoms with Gasteiger partial charge in [0.1, 0.15) is 0 Å². The Hall–Kier alpha value is -0.830. The lowest BCUT2D eigenvalue weighted by atomic mass is 10.2. The van der Waals surface area contributed by atoms with Crippen LogP contribution in [0.5, 0.6) is 0 Å². The fourth-order valence-electron chi connectivity index (χ4n) is 1.01. The van der Waals surface area contributed by atoms with E-state index in [1.54, 1.807) is 6.08 Å². The molecule has 1 saturated heterocycles. The zero-order valence-corrected chi connectivity index (χ0v) is 6.58. The van der Waals surface area contributed by atoms with Crippen molar-refractivity contribution in [3.63, 3.8) is 0 Å². The van der Waals surface area contributed by atoms with Gasteiger partial charge >= 0.3 is 5.97 Å². The topological polar surface area (TPSA) is 35.5 Å². The lowest BCUT2D eigenvalue weighted by Crippen LogP contribution is -2.02. The fourth-order valence-corrected chi connectivity index (χ4v) is 1.01. The van der Waals surface area contributed by atoms with Gasteiger partial charge in [0.25, 0.3) is 0 Å². The van der Waals surface area contributed by atoms with Crippen molar-refractivity contribution in [1.29, 1.82) is 0 Å². The minimum Gasteiger partial charge on any atom is -0.466 e. The van der Waals surface area contributed by atoms with Gasteiger partial charge in [0.05, 0.1) is 13.2 Å². The second-order valence-corrected chi connectivity index (χ2v) is 2.43. The van der Waals surface area contributed by atoms with Gasteiger partial charge in [-0.25, -0.2) is 4.79 Å². The predicted octanol–water partition coefficient (Wildman–Crippen LogP) is 0.895. The van der Waals surface area contributed by atoms with Crippen LogP contribution in [-0.4, -0.2) is 25.8 Å². The summed E-state index contributed by atoms with van der Waals surface area (Å²) in [5, 5.41) is 0. The minimum absolute atomic E-state index is 0.120. The van der Waals surface area contributed by atoms with Crippen molar-refractivity contribution in [2.45, 2.75) is 18.9 Å². The Morgan fingerprint density at radius 3 is 3.09 bits per heavy atom. The summed E-state index contributed by atoms with van der Waals surface area (Å²) in [6.07, 6.45) is 5.37. The summed E-state index contributed by atoms with van der Waals surface area (Å²) in [5.74, 6) is -0.319. The van der Waals surface area contributed by atoms with Gasteiger partial charge in [-0.3, -0.25) is 0 Å². The van der Waals surface area contributed by atoms with Gasteiger partial charge in [0.15, 0.2) is 0 Å². The van der Waals surface area contributed by atoms with E-state index in [0.717, 1.165) is 19.4 Å². The average molecular weight is 156 g/mol. The Labute approximate surface area is 66.0 Å². The Morgan fingerprint density at radius 2 is 2.55 bits per heavy atom. The zero-order valence-electron chi connectivity index (χ0n) is 6.58. The SMILES string of the molecule is COC(=O)/C=C\C1CCCO1. The summed E-state index contributed by atoms with van der Waals surface area (Å²) >= 11 is 0. The molecule has 0 saturated carbocycles. The predicted molar refractivity (Wildman–Crippen MR) is 40.1 cm³/mol. The van der Waals surface area contributed by atoms with Gasteiger partial charge in [-0.05, 0) is 18.9 Å². The molecule has 3 heteroatoms. The van der Waals surface area contributed by atoms with Crippen LogP contribution < -0.4 is 0 Å². The maximum atomic E-state index is 10.6. The molecule has 1 fully saturated rings. The van der Waals surface area contributed by atoms with Crippen molar-refractivity contribution in [2.24, 2.45) is 0 Å². The number of rotatable bonds is 2. The monoisotopic (exact) mass is 156 g/mol. The maximum Gasteiger partial charge on any atom is 0.330 e. The Kier molecular flexibility index (Phi) is 3.11. The third kappa shape index (κ3) is 2.72. The number of hydrogen-bond acceptors (Lipinski definition) is 3. The van der Waals surface area contributed by atoms with Crippen LogP contribution in [0.4, 0.5) is 0 Å². The molecule has 11 heavy (non-hydrogen) atoms. The number of methoxy groups -OCH3 is 1. The summed E-state index contributed by atoms with van der Waals surface area (Å²) in [5.41, 5.74) is 0. The lowest BCUT2D eigenvalue weighted by Gasteiger charge is -1.99. The van der Waals surface area contributed by atoms with Crippen molar-refractivity contribution >= 4 is 5.97 Å². The van der Waals surface area contributed by atoms with E-state index in [2.05, 4.69) is 4.74 Å². The van der Waals surface area contributed by atoms with Crippen LogP contribution in [0, 0.1) is 0 Å². The van der Waals surface area contributed by atoms with E-state index in [0.29, 0.717) is 0 Å². The van der Waals surface area contributed by atoms with Crippen LogP contribution in [0.15, 0.2) is 12.2 Å². The standard InChI is InChI=1S/C8H12O3/c1-10-8(9)5-4-7-3-2-6-11-7/h4-5,7H,2-3,6H2,1H3/b5-4-. The molecule has 0 bridgehead atoms. The zero-order chi connectivity index (χ0) is 8.10. The van der Waals surface area contributed by atoms with Crippen molar-refractivity contribution in [1.82, 2.24) is 0 Å². The molecule has 0 radical (unpaired) electrons. The molecular formula is C8H12O3. The van der Waals surface area contributed by atoms with E-state index >= 15 is 0 Å². The van der Waals surface area contributed by atoms with Crippen LogP contribution in [0.2, 0.25) is 0 Å². The van der Waals surface area contributed by atoms with Crippen LogP contribution >= 0.6 is 0 Å². The smallest absolute Gasteiger partial charge is 0.330 e. The van der Waals surface area contributed by atoms with Gasteiger partial charge in [-0.15, -0.1) is 0 Å². The van der Waals surface area contributed by atoms with Crippen LogP contribution in [0.25, 0.3) is 0 Å². The average Bonchev–Trinajstić information content (AvgIpc) is 2.52. The molecule has 0 aromatic rings. The van der Waals surface area contributed by atoms with Crippen molar-refractivity contribution in [3.8, 4) is 0 Å². The summed E-state index contributed by atoms with van der Waals surface area (Å²) in [6.45, 7) is 0.802. The molecule has 0 aliphatic carbocycles. The minimum atomic E-state index is -0.319. The highest BCUT2D eigenvalue weighted by atomic mass is 16.5. The van der Waals surface area contributed by atoms with Crippen LogP contribution in [0.1, 0.15) is 12.8 Å². The molecule has 62 valence electrons. The Bertz CT molecular complexity index is 157. The molecule has 0 amide bonds. The van der Waals surface area contributed by atoms with Gasteiger partial charge < -0.3 is 9.47 Å². The Balaban J connectivity index is 2.27. The van der Waals surface area contributed by atoms with Crippen molar-refractivity contribution in [3.05, 3.63) is 12.2 Å². The molecule has 1 aliphatic rings. The molecule has 1 atom stereocenters. The van der Waals surface area contributed by atoms with Crippen molar-refractivity contribution < 1.29 is 14.3 Å². The Morgan fingerprint density at radius 1 is 1.73 bits per heavy atom. The maximum absolute atomic E-state index is 10.6. The van der Waals surface area contributed by atoms with Gasteiger partial charge in [-0.1, -0.05) is 0 Å². The molecule has 0 spiro atoms. The fraction of sp³-hybridized carbons (Fsp3) is 0.625. The molecule has 1 heterocycles. The van der Waals surface area contributed by atoms with E-state index in [9.17, 15) is 4.79 Å². The number of esters is 1. The first-order chi connectivity index (χ1) is 5.33. The molecule has 1 rings (SSSR count). The molecule has 1 unspecified atom stereocenters. The van der Waals surface area contributed by atoms with Gasteiger partial charge in [0, 0.05) is 12.7 Å². The summed E-state index contributed by atoms with van der Waals surface area (Å²) in [4.78, 5) is 10.6. The highest BCUT2D eigenvalue weighted by Crippen LogP contribution is 2.12. The first-order valence-electron chi connectivity index (χ1n) is 3.70. The third-order valence-electron chi connectivity index (χ3n) is 1.61. The molecule has 0 aromatic heterocycles. The lowest BCUT2D eigenvalue weighted by molar-refractivity contribution is -0.134. The second kappa shape index (κ2) is 4.13. The van der Waals surface area contributed by atoms with E-state index in [1.165, 1.54) is 13.2 Å². The third-order valence-corrected chi connectivity index (χ3v) is 1.61. The van der Waals surface area contributed by atoms with Crippen LogP contribution in [0.3, 0.4) is 0 Å². The van der Waals surface area contributed by atoms with Gasteiger partial charge in [-0.2, -0.15) is 0 Å². The molecule has 1 aliphatic heterocycles. The van der Waals surface area contributed by atoms with Crippen LogP contribution in [-0.2, 0) is 14.3 Å². The highest BCUT2D eigenvalue weighted by molar-refractivity contribution is 5.81. The largest absolute Gasteiger partial charge is 0.466 e. The summed E-state index contributed by atoms with van der Waals surface area (Å²) < 4.78 is 9.68. The summed E-state index contributed by atoms with van der Waals surface area (Å²) in [7, 11) is 1.36. The first kappa shape index (κ1) is 8.27. The first-order valence-corrected chi connectivity index (χ1v) is 3.70. The molecule has 3 nitrogen and oxygen atoms in total. The van der Waals surface area contributed by atoms with Gasteiger partial charge in [0.2, 0.25) is 0 Å². The van der Waals surface area contributed by atoms with Crippen molar-refractivity contribution in [2.75, 3.05) is 13.7 Å². The van der Waals surface area contributed by atoms with E-state index < -0.39 is 0 Å². The number of ether oxygens (including phenoxy) is 2. The molecule has 0 aromatic carbocycles.